The van der Waals surface area contributed by atoms with Crippen molar-refractivity contribution in [2.45, 2.75) is 32.3 Å². The van der Waals surface area contributed by atoms with Gasteiger partial charge in [-0.2, -0.15) is 0 Å². The largest absolute Gasteiger partial charge is 0.490 e. The molecule has 0 saturated carbocycles. The molecule has 39 heavy (non-hydrogen) atoms. The molecule has 0 aromatic heterocycles. The lowest BCUT2D eigenvalue weighted by Gasteiger charge is -2.16. The van der Waals surface area contributed by atoms with Crippen LogP contribution in [0.5, 0.6) is 11.5 Å². The minimum Gasteiger partial charge on any atom is -0.490 e. The molecule has 0 unspecified atom stereocenters. The first-order chi connectivity index (χ1) is 18.8. The lowest BCUT2D eigenvalue weighted by molar-refractivity contribution is -0.136. The number of ether oxygens (including phenoxy) is 2. The van der Waals surface area contributed by atoms with Crippen molar-refractivity contribution < 1.29 is 29.0 Å². The van der Waals surface area contributed by atoms with Crippen LogP contribution in [0.1, 0.15) is 50.2 Å². The molecule has 8 nitrogen and oxygen atoms in total. The molecule has 1 heterocycles. The number of carbonyl (C=O) groups is 3. The van der Waals surface area contributed by atoms with Gasteiger partial charge in [0.1, 0.15) is 6.61 Å². The molecule has 0 bridgehead atoms. The normalized spacial score (nSPS) is 12.6. The number of carboxylic acids is 1. The molecule has 2 amide bonds. The van der Waals surface area contributed by atoms with Crippen LogP contribution in [-0.4, -0.2) is 66.5 Å². The van der Waals surface area contributed by atoms with Crippen LogP contribution < -0.4 is 9.47 Å². The Kier molecular flexibility index (Phi) is 9.33. The fourth-order valence-corrected chi connectivity index (χ4v) is 4.56. The van der Waals surface area contributed by atoms with Gasteiger partial charge in [-0.05, 0) is 74.3 Å². The van der Waals surface area contributed by atoms with Crippen molar-refractivity contribution in [2.24, 2.45) is 0 Å². The first kappa shape index (κ1) is 27.9. The highest BCUT2D eigenvalue weighted by atomic mass is 16.5. The zero-order valence-corrected chi connectivity index (χ0v) is 22.4. The Labute approximate surface area is 228 Å². The monoisotopic (exact) mass is 530 g/mol. The minimum atomic E-state index is -0.871. The molecule has 0 fully saturated rings. The molecule has 0 saturated heterocycles. The van der Waals surface area contributed by atoms with Crippen LogP contribution in [0.15, 0.2) is 66.7 Å². The van der Waals surface area contributed by atoms with Crippen molar-refractivity contribution in [3.63, 3.8) is 0 Å². The number of nitrogens with zero attached hydrogens (tertiary/aromatic N) is 2. The lowest BCUT2D eigenvalue weighted by Crippen LogP contribution is -2.31. The summed E-state index contributed by atoms with van der Waals surface area (Å²) in [6.07, 6.45) is 1.72. The van der Waals surface area contributed by atoms with Crippen molar-refractivity contribution in [3.05, 3.63) is 94.5 Å². The Balaban J connectivity index is 1.45. The van der Waals surface area contributed by atoms with Gasteiger partial charge >= 0.3 is 5.97 Å². The van der Waals surface area contributed by atoms with Gasteiger partial charge in [0, 0.05) is 19.5 Å². The standard InChI is InChI=1S/C31H34N2O6/c1-32(2)15-7-17-38-27-10-5-6-11-28(27)39-21-24-19-22(12-13-29(34)35)18-23(20-24)14-16-33-30(36)25-8-3-4-9-26(25)31(33)37/h3-6,8-11,18-20H,7,12-17,21H2,1-2H3,(H,34,35). The van der Waals surface area contributed by atoms with Crippen molar-refractivity contribution >= 4 is 17.8 Å². The average Bonchev–Trinajstić information content (AvgIpc) is 3.17. The van der Waals surface area contributed by atoms with Gasteiger partial charge in [-0.15, -0.1) is 0 Å². The van der Waals surface area contributed by atoms with Crippen molar-refractivity contribution in [1.82, 2.24) is 9.80 Å². The molecule has 204 valence electrons. The molecule has 1 aliphatic heterocycles. The summed E-state index contributed by atoms with van der Waals surface area (Å²) in [6, 6.07) is 20.2. The number of para-hydroxylation sites is 2. The Morgan fingerprint density at radius 1 is 0.821 bits per heavy atom. The van der Waals surface area contributed by atoms with E-state index in [2.05, 4.69) is 4.90 Å². The third-order valence-electron chi connectivity index (χ3n) is 6.49. The fraction of sp³-hybridized carbons (Fsp3) is 0.323. The van der Waals surface area contributed by atoms with E-state index in [4.69, 9.17) is 9.47 Å². The number of amides is 2. The molecule has 3 aromatic carbocycles. The number of rotatable bonds is 14. The molecule has 1 N–H and O–H groups in total. The number of benzene rings is 3. The van der Waals surface area contributed by atoms with Gasteiger partial charge in [0.15, 0.2) is 11.5 Å². The van der Waals surface area contributed by atoms with E-state index in [1.54, 1.807) is 24.3 Å². The van der Waals surface area contributed by atoms with Gasteiger partial charge in [0.05, 0.1) is 17.7 Å². The van der Waals surface area contributed by atoms with Crippen LogP contribution in [0, 0.1) is 0 Å². The van der Waals surface area contributed by atoms with Crippen LogP contribution in [0.3, 0.4) is 0 Å². The zero-order chi connectivity index (χ0) is 27.8. The average molecular weight is 531 g/mol. The Bertz CT molecular complexity index is 1300. The number of carbonyl (C=O) groups excluding carboxylic acids is 2. The third-order valence-corrected chi connectivity index (χ3v) is 6.49. The molecule has 1 aliphatic rings. The first-order valence-corrected chi connectivity index (χ1v) is 13.1. The Morgan fingerprint density at radius 3 is 2.00 bits per heavy atom. The van der Waals surface area contributed by atoms with E-state index in [0.717, 1.165) is 29.7 Å². The quantitative estimate of drug-likeness (QED) is 0.243. The van der Waals surface area contributed by atoms with Crippen LogP contribution >= 0.6 is 0 Å². The SMILES string of the molecule is CN(C)CCCOc1ccccc1OCc1cc(CCC(=O)O)cc(CCN2C(=O)c3ccccc3C2=O)c1. The molecule has 0 aliphatic carbocycles. The van der Waals surface area contributed by atoms with Crippen molar-refractivity contribution in [2.75, 3.05) is 33.8 Å². The zero-order valence-electron chi connectivity index (χ0n) is 22.4. The molecule has 0 atom stereocenters. The third kappa shape index (κ3) is 7.45. The second-order valence-corrected chi connectivity index (χ2v) is 9.85. The first-order valence-electron chi connectivity index (χ1n) is 13.1. The number of imide groups is 1. The van der Waals surface area contributed by atoms with Crippen LogP contribution in [0.4, 0.5) is 0 Å². The maximum atomic E-state index is 12.8. The van der Waals surface area contributed by atoms with Crippen LogP contribution in [0.25, 0.3) is 0 Å². The summed E-state index contributed by atoms with van der Waals surface area (Å²) >= 11 is 0. The lowest BCUT2D eigenvalue weighted by atomic mass is 10.0. The maximum absolute atomic E-state index is 12.8. The second-order valence-electron chi connectivity index (χ2n) is 9.85. The molecular formula is C31H34N2O6. The number of hydrogen-bond donors (Lipinski definition) is 1. The number of fused-ring (bicyclic) bond motifs is 1. The van der Waals surface area contributed by atoms with Gasteiger partial charge in [0.25, 0.3) is 11.8 Å². The van der Waals surface area contributed by atoms with Gasteiger partial charge in [-0.25, -0.2) is 0 Å². The predicted octanol–water partition coefficient (Wildman–Crippen LogP) is 4.45. The predicted molar refractivity (Wildman–Crippen MR) is 147 cm³/mol. The number of hydrogen-bond acceptors (Lipinski definition) is 6. The number of aryl methyl sites for hydroxylation is 1. The number of aliphatic carboxylic acids is 1. The van der Waals surface area contributed by atoms with E-state index < -0.39 is 5.97 Å². The second kappa shape index (κ2) is 13.1. The number of carboxylic acid groups (broad SMARTS) is 1. The van der Waals surface area contributed by atoms with E-state index in [1.807, 2.05) is 56.6 Å². The van der Waals surface area contributed by atoms with Crippen LogP contribution in [0.2, 0.25) is 0 Å². The van der Waals surface area contributed by atoms with E-state index in [0.29, 0.717) is 42.1 Å². The van der Waals surface area contributed by atoms with Crippen molar-refractivity contribution in [3.8, 4) is 11.5 Å². The topological polar surface area (TPSA) is 96.4 Å². The summed E-state index contributed by atoms with van der Waals surface area (Å²) in [7, 11) is 4.05. The van der Waals surface area contributed by atoms with E-state index in [9.17, 15) is 19.5 Å². The molecule has 0 spiro atoms. The van der Waals surface area contributed by atoms with Crippen LogP contribution in [-0.2, 0) is 24.2 Å². The van der Waals surface area contributed by atoms with E-state index in [-0.39, 0.29) is 31.4 Å². The Hall–Kier alpha value is -4.17. The summed E-state index contributed by atoms with van der Waals surface area (Å²) in [5, 5.41) is 9.18. The van der Waals surface area contributed by atoms with E-state index in [1.165, 1.54) is 4.90 Å². The molecule has 4 rings (SSSR count). The van der Waals surface area contributed by atoms with E-state index >= 15 is 0 Å². The maximum Gasteiger partial charge on any atom is 0.303 e. The van der Waals surface area contributed by atoms with Gasteiger partial charge in [-0.1, -0.05) is 42.5 Å². The fourth-order valence-electron chi connectivity index (χ4n) is 4.56. The summed E-state index contributed by atoms with van der Waals surface area (Å²) in [6.45, 7) is 2.00. The highest BCUT2D eigenvalue weighted by Gasteiger charge is 2.34. The summed E-state index contributed by atoms with van der Waals surface area (Å²) in [5.74, 6) is -0.147. The molecular weight excluding hydrogens is 496 g/mol. The van der Waals surface area contributed by atoms with Gasteiger partial charge in [-0.3, -0.25) is 19.3 Å². The molecule has 3 aromatic rings. The van der Waals surface area contributed by atoms with Gasteiger partial charge in [0.2, 0.25) is 0 Å². The summed E-state index contributed by atoms with van der Waals surface area (Å²) < 4.78 is 12.1. The Morgan fingerprint density at radius 2 is 1.38 bits per heavy atom. The minimum absolute atomic E-state index is 0.00573. The smallest absolute Gasteiger partial charge is 0.303 e. The highest BCUT2D eigenvalue weighted by molar-refractivity contribution is 6.21. The molecule has 0 radical (unpaired) electrons. The highest BCUT2D eigenvalue weighted by Crippen LogP contribution is 2.28. The van der Waals surface area contributed by atoms with Gasteiger partial charge < -0.3 is 19.5 Å². The molecule has 8 heteroatoms. The summed E-state index contributed by atoms with van der Waals surface area (Å²) in [4.78, 5) is 40.1. The summed E-state index contributed by atoms with van der Waals surface area (Å²) in [5.41, 5.74) is 3.49. The van der Waals surface area contributed by atoms with Crippen molar-refractivity contribution in [1.29, 1.82) is 0 Å².